The Hall–Kier alpha value is -1.51. The van der Waals surface area contributed by atoms with Crippen molar-refractivity contribution in [2.45, 2.75) is 33.6 Å². The number of hydrogen-bond acceptors (Lipinski definition) is 2. The van der Waals surface area contributed by atoms with Crippen LogP contribution in [0.1, 0.15) is 32.3 Å². The number of carboxylic acids is 1. The number of carbonyl (C=O) groups is 1. The van der Waals surface area contributed by atoms with Gasteiger partial charge in [-0.1, -0.05) is 31.0 Å². The molecule has 1 aromatic rings. The monoisotopic (exact) mass is 249 g/mol. The van der Waals surface area contributed by atoms with Gasteiger partial charge in [-0.25, -0.2) is 0 Å². The fourth-order valence-electron chi connectivity index (χ4n) is 2.22. The maximum atomic E-state index is 11.4. The second-order valence-corrected chi connectivity index (χ2v) is 5.31. The molecule has 1 N–H and O–H groups in total. The molecule has 0 saturated heterocycles. The largest absolute Gasteiger partial charge is 0.481 e. The van der Waals surface area contributed by atoms with Crippen molar-refractivity contribution in [2.75, 3.05) is 18.5 Å². The van der Waals surface area contributed by atoms with Crippen molar-refractivity contribution in [3.8, 4) is 0 Å². The Balaban J connectivity index is 2.81. The highest BCUT2D eigenvalue weighted by molar-refractivity contribution is 5.75. The molecule has 1 unspecified atom stereocenters. The average molecular weight is 249 g/mol. The van der Waals surface area contributed by atoms with E-state index in [-0.39, 0.29) is 0 Å². The van der Waals surface area contributed by atoms with Gasteiger partial charge >= 0.3 is 5.97 Å². The molecule has 0 spiro atoms. The fourth-order valence-corrected chi connectivity index (χ4v) is 2.22. The second-order valence-electron chi connectivity index (χ2n) is 5.31. The van der Waals surface area contributed by atoms with Crippen LogP contribution in [0, 0.1) is 12.3 Å². The normalized spacial score (nSPS) is 14.0. The van der Waals surface area contributed by atoms with Crippen molar-refractivity contribution in [2.24, 2.45) is 5.41 Å². The predicted molar refractivity (Wildman–Crippen MR) is 75.1 cm³/mol. The summed E-state index contributed by atoms with van der Waals surface area (Å²) >= 11 is 0. The van der Waals surface area contributed by atoms with E-state index in [9.17, 15) is 9.90 Å². The van der Waals surface area contributed by atoms with Gasteiger partial charge in [-0.3, -0.25) is 4.79 Å². The van der Waals surface area contributed by atoms with Crippen molar-refractivity contribution in [1.29, 1.82) is 0 Å². The molecule has 1 aromatic carbocycles. The van der Waals surface area contributed by atoms with Crippen LogP contribution in [-0.2, 0) is 4.79 Å². The number of benzene rings is 1. The number of aryl methyl sites for hydroxylation is 1. The summed E-state index contributed by atoms with van der Waals surface area (Å²) in [6, 6.07) is 8.15. The Labute approximate surface area is 109 Å². The van der Waals surface area contributed by atoms with Gasteiger partial charge in [0.25, 0.3) is 0 Å². The van der Waals surface area contributed by atoms with Gasteiger partial charge in [0.15, 0.2) is 0 Å². The Kier molecular flexibility index (Phi) is 4.76. The molecule has 0 heterocycles. The van der Waals surface area contributed by atoms with Crippen molar-refractivity contribution < 1.29 is 9.90 Å². The summed E-state index contributed by atoms with van der Waals surface area (Å²) in [5.74, 6) is -0.719. The average Bonchev–Trinajstić information content (AvgIpc) is 2.29. The number of rotatable bonds is 6. The fraction of sp³-hybridized carbons (Fsp3) is 0.533. The minimum atomic E-state index is -0.719. The molecule has 0 radical (unpaired) electrons. The molecule has 0 saturated carbocycles. The molecule has 3 heteroatoms. The minimum Gasteiger partial charge on any atom is -0.481 e. The standard InChI is InChI=1S/C15H23NO2/c1-5-10-15(3,14(17)18)11-16(4)13-8-6-12(2)7-9-13/h6-9H,5,10-11H2,1-4H3,(H,17,18). The summed E-state index contributed by atoms with van der Waals surface area (Å²) in [7, 11) is 1.95. The van der Waals surface area contributed by atoms with E-state index >= 15 is 0 Å². The molecule has 1 atom stereocenters. The quantitative estimate of drug-likeness (QED) is 0.840. The van der Waals surface area contributed by atoms with E-state index in [1.54, 1.807) is 0 Å². The molecule has 0 amide bonds. The summed E-state index contributed by atoms with van der Waals surface area (Å²) in [6.07, 6.45) is 1.57. The van der Waals surface area contributed by atoms with Gasteiger partial charge in [0, 0.05) is 19.3 Å². The second kappa shape index (κ2) is 5.89. The highest BCUT2D eigenvalue weighted by Gasteiger charge is 2.33. The lowest BCUT2D eigenvalue weighted by atomic mass is 9.85. The van der Waals surface area contributed by atoms with Crippen molar-refractivity contribution in [3.05, 3.63) is 29.8 Å². The summed E-state index contributed by atoms with van der Waals surface area (Å²) in [5.41, 5.74) is 1.58. The van der Waals surface area contributed by atoms with Gasteiger partial charge in [0.1, 0.15) is 0 Å². The van der Waals surface area contributed by atoms with E-state index in [4.69, 9.17) is 0 Å². The van der Waals surface area contributed by atoms with E-state index in [1.807, 2.05) is 57.0 Å². The van der Waals surface area contributed by atoms with Crippen LogP contribution in [0.15, 0.2) is 24.3 Å². The first kappa shape index (κ1) is 14.6. The van der Waals surface area contributed by atoms with Crippen LogP contribution >= 0.6 is 0 Å². The molecule has 3 nitrogen and oxygen atoms in total. The van der Waals surface area contributed by atoms with Crippen LogP contribution in [0.25, 0.3) is 0 Å². The third-order valence-electron chi connectivity index (χ3n) is 3.38. The first-order chi connectivity index (χ1) is 8.39. The summed E-state index contributed by atoms with van der Waals surface area (Å²) in [5, 5.41) is 9.38. The van der Waals surface area contributed by atoms with E-state index in [2.05, 4.69) is 0 Å². The zero-order valence-corrected chi connectivity index (χ0v) is 11.7. The van der Waals surface area contributed by atoms with Gasteiger partial charge in [0.2, 0.25) is 0 Å². The third kappa shape index (κ3) is 3.49. The first-order valence-corrected chi connectivity index (χ1v) is 6.40. The lowest BCUT2D eigenvalue weighted by Crippen LogP contribution is -2.39. The van der Waals surface area contributed by atoms with Crippen LogP contribution < -0.4 is 4.90 Å². The summed E-state index contributed by atoms with van der Waals surface area (Å²) in [6.45, 7) is 6.41. The molecule has 1 rings (SSSR count). The van der Waals surface area contributed by atoms with E-state index in [1.165, 1.54) is 5.56 Å². The lowest BCUT2D eigenvalue weighted by molar-refractivity contribution is -0.147. The molecule has 100 valence electrons. The number of carboxylic acid groups (broad SMARTS) is 1. The van der Waals surface area contributed by atoms with Crippen LogP contribution in [0.5, 0.6) is 0 Å². The molecular weight excluding hydrogens is 226 g/mol. The highest BCUT2D eigenvalue weighted by Crippen LogP contribution is 2.27. The molecule has 0 aliphatic rings. The third-order valence-corrected chi connectivity index (χ3v) is 3.38. The minimum absolute atomic E-state index is 0.527. The molecule has 18 heavy (non-hydrogen) atoms. The molecule has 0 bridgehead atoms. The maximum absolute atomic E-state index is 11.4. The number of aliphatic carboxylic acids is 1. The van der Waals surface area contributed by atoms with Crippen LogP contribution in [0.3, 0.4) is 0 Å². The Morgan fingerprint density at radius 2 is 1.89 bits per heavy atom. The molecule has 0 aliphatic carbocycles. The van der Waals surface area contributed by atoms with Crippen molar-refractivity contribution in [3.63, 3.8) is 0 Å². The Bertz CT molecular complexity index is 399. The van der Waals surface area contributed by atoms with Crippen molar-refractivity contribution >= 4 is 11.7 Å². The SMILES string of the molecule is CCCC(C)(CN(C)c1ccc(C)cc1)C(=O)O. The van der Waals surface area contributed by atoms with E-state index in [0.717, 1.165) is 12.1 Å². The Morgan fingerprint density at radius 3 is 2.33 bits per heavy atom. The van der Waals surface area contributed by atoms with Gasteiger partial charge < -0.3 is 10.0 Å². The topological polar surface area (TPSA) is 40.5 Å². The van der Waals surface area contributed by atoms with Crippen LogP contribution in [0.4, 0.5) is 5.69 Å². The van der Waals surface area contributed by atoms with Gasteiger partial charge in [-0.05, 0) is 32.4 Å². The zero-order valence-electron chi connectivity index (χ0n) is 11.7. The van der Waals surface area contributed by atoms with Crippen LogP contribution in [0.2, 0.25) is 0 Å². The molecule has 0 aliphatic heterocycles. The lowest BCUT2D eigenvalue weighted by Gasteiger charge is -2.31. The predicted octanol–water partition coefficient (Wildman–Crippen LogP) is 3.32. The van der Waals surface area contributed by atoms with Gasteiger partial charge in [-0.2, -0.15) is 0 Å². The Morgan fingerprint density at radius 1 is 1.33 bits per heavy atom. The smallest absolute Gasteiger partial charge is 0.311 e. The molecule has 0 fully saturated rings. The number of anilines is 1. The van der Waals surface area contributed by atoms with Crippen molar-refractivity contribution in [1.82, 2.24) is 0 Å². The number of nitrogens with zero attached hydrogens (tertiary/aromatic N) is 1. The first-order valence-electron chi connectivity index (χ1n) is 6.40. The van der Waals surface area contributed by atoms with Gasteiger partial charge in [-0.15, -0.1) is 0 Å². The summed E-state index contributed by atoms with van der Waals surface area (Å²) in [4.78, 5) is 13.4. The maximum Gasteiger partial charge on any atom is 0.311 e. The van der Waals surface area contributed by atoms with Gasteiger partial charge in [0.05, 0.1) is 5.41 Å². The molecule has 0 aromatic heterocycles. The molecular formula is C15H23NO2. The van der Waals surface area contributed by atoms with Crippen LogP contribution in [-0.4, -0.2) is 24.7 Å². The highest BCUT2D eigenvalue weighted by atomic mass is 16.4. The van der Waals surface area contributed by atoms with E-state index in [0.29, 0.717) is 13.0 Å². The summed E-state index contributed by atoms with van der Waals surface area (Å²) < 4.78 is 0. The number of hydrogen-bond donors (Lipinski definition) is 1. The van der Waals surface area contributed by atoms with E-state index < -0.39 is 11.4 Å². The zero-order chi connectivity index (χ0) is 13.8.